The molecule has 2 heterocycles. The van der Waals surface area contributed by atoms with Crippen LogP contribution in [0.15, 0.2) is 89.9 Å². The number of benzene rings is 3. The van der Waals surface area contributed by atoms with Gasteiger partial charge in [0.15, 0.2) is 5.60 Å². The van der Waals surface area contributed by atoms with E-state index in [1.54, 1.807) is 23.9 Å². The van der Waals surface area contributed by atoms with E-state index in [1.165, 1.54) is 0 Å². The number of hydrogen-bond acceptors (Lipinski definition) is 3. The maximum atomic E-state index is 12.8. The predicted octanol–water partition coefficient (Wildman–Crippen LogP) is 4.00. The highest BCUT2D eigenvalue weighted by molar-refractivity contribution is 5.98. The minimum atomic E-state index is -1.11. The molecule has 1 atom stereocenters. The first-order chi connectivity index (χ1) is 13.6. The van der Waals surface area contributed by atoms with Crippen molar-refractivity contribution in [3.8, 4) is 0 Å². The zero-order valence-electron chi connectivity index (χ0n) is 15.3. The molecule has 136 valence electrons. The Morgan fingerprint density at radius 2 is 1.39 bits per heavy atom. The molecule has 0 saturated carbocycles. The van der Waals surface area contributed by atoms with Gasteiger partial charge in [0.25, 0.3) is 5.56 Å². The van der Waals surface area contributed by atoms with Crippen LogP contribution in [0.4, 0.5) is 0 Å². The summed E-state index contributed by atoms with van der Waals surface area (Å²) in [5.74, 6) is -0.364. The summed E-state index contributed by atoms with van der Waals surface area (Å²) in [5.41, 5.74) is 1.76. The average Bonchev–Trinajstić information content (AvgIpc) is 3.05. The molecule has 0 saturated heterocycles. The Hall–Kier alpha value is -3.66. The number of carbonyl (C=O) groups excluding carboxylic acids is 1. The summed E-state index contributed by atoms with van der Waals surface area (Å²) < 4.78 is 7.69. The second-order valence-corrected chi connectivity index (χ2v) is 6.99. The van der Waals surface area contributed by atoms with Gasteiger partial charge in [0, 0.05) is 35.3 Å². The third-order valence-electron chi connectivity index (χ3n) is 5.42. The summed E-state index contributed by atoms with van der Waals surface area (Å²) in [5, 5.41) is 1.37. The highest BCUT2D eigenvalue weighted by Crippen LogP contribution is 2.48. The van der Waals surface area contributed by atoms with Crippen molar-refractivity contribution in [2.75, 3.05) is 0 Å². The summed E-state index contributed by atoms with van der Waals surface area (Å²) in [6.07, 6.45) is 1.78. The summed E-state index contributed by atoms with van der Waals surface area (Å²) in [4.78, 5) is 25.5. The third-order valence-corrected chi connectivity index (χ3v) is 5.42. The van der Waals surface area contributed by atoms with Crippen molar-refractivity contribution in [1.82, 2.24) is 4.57 Å². The van der Waals surface area contributed by atoms with Crippen LogP contribution in [0.3, 0.4) is 0 Å². The number of cyclic esters (lactones) is 1. The third kappa shape index (κ3) is 2.12. The molecule has 3 aromatic carbocycles. The van der Waals surface area contributed by atoms with Crippen molar-refractivity contribution >= 4 is 16.7 Å². The van der Waals surface area contributed by atoms with Crippen LogP contribution < -0.4 is 5.56 Å². The van der Waals surface area contributed by atoms with Crippen LogP contribution in [0.5, 0.6) is 0 Å². The van der Waals surface area contributed by atoms with Gasteiger partial charge in [-0.1, -0.05) is 66.7 Å². The molecule has 0 radical (unpaired) electrons. The average molecular weight is 367 g/mol. The van der Waals surface area contributed by atoms with E-state index in [9.17, 15) is 9.59 Å². The minimum Gasteiger partial charge on any atom is -0.440 e. The Morgan fingerprint density at radius 1 is 0.750 bits per heavy atom. The van der Waals surface area contributed by atoms with Crippen LogP contribution in [0.25, 0.3) is 10.8 Å². The highest BCUT2D eigenvalue weighted by Gasteiger charge is 2.49. The lowest BCUT2D eigenvalue weighted by atomic mass is 9.79. The largest absolute Gasteiger partial charge is 0.440 e. The summed E-state index contributed by atoms with van der Waals surface area (Å²) in [7, 11) is 1.72. The molecule has 0 amide bonds. The van der Waals surface area contributed by atoms with E-state index < -0.39 is 5.60 Å². The predicted molar refractivity (Wildman–Crippen MR) is 107 cm³/mol. The molecular formula is C24H17NO3. The van der Waals surface area contributed by atoms with Crippen molar-refractivity contribution < 1.29 is 9.53 Å². The number of ether oxygens (including phenoxy) is 1. The lowest BCUT2D eigenvalue weighted by molar-refractivity contribution is 0.0254. The van der Waals surface area contributed by atoms with Crippen molar-refractivity contribution in [1.29, 1.82) is 0 Å². The van der Waals surface area contributed by atoms with Crippen molar-refractivity contribution in [2.45, 2.75) is 5.60 Å². The molecule has 0 N–H and O–H groups in total. The Morgan fingerprint density at radius 3 is 2.18 bits per heavy atom. The SMILES string of the molecule is Cn1cc([C@]2(c3ccccc3)OC(=O)c3ccccc32)c2ccccc2c1=O. The fourth-order valence-electron chi connectivity index (χ4n) is 4.16. The van der Waals surface area contributed by atoms with Gasteiger partial charge in [-0.05, 0) is 17.5 Å². The van der Waals surface area contributed by atoms with E-state index in [0.29, 0.717) is 10.9 Å². The second-order valence-electron chi connectivity index (χ2n) is 6.99. The first-order valence-corrected chi connectivity index (χ1v) is 9.10. The molecule has 0 aliphatic carbocycles. The number of fused-ring (bicyclic) bond motifs is 2. The first kappa shape index (κ1) is 16.5. The molecule has 0 spiro atoms. The fraction of sp³-hybridized carbons (Fsp3) is 0.0833. The normalized spacial score (nSPS) is 18.1. The van der Waals surface area contributed by atoms with Gasteiger partial charge in [0.1, 0.15) is 0 Å². The van der Waals surface area contributed by atoms with Gasteiger partial charge in [-0.3, -0.25) is 4.79 Å². The zero-order valence-corrected chi connectivity index (χ0v) is 15.3. The Kier molecular flexibility index (Phi) is 3.49. The van der Waals surface area contributed by atoms with Gasteiger partial charge < -0.3 is 9.30 Å². The number of nitrogens with zero attached hydrogens (tertiary/aromatic N) is 1. The van der Waals surface area contributed by atoms with Gasteiger partial charge in [-0.25, -0.2) is 4.79 Å². The van der Waals surface area contributed by atoms with Gasteiger partial charge in [-0.2, -0.15) is 0 Å². The molecular weight excluding hydrogens is 350 g/mol. The standard InChI is InChI=1S/C24H17NO3/c1-25-15-21(17-11-5-6-12-18(17)22(25)26)24(16-9-3-2-4-10-16)20-14-8-7-13-19(20)23(27)28-24/h2-15H,1H3/t24-/m1/s1. The Bertz CT molecular complexity index is 1290. The molecule has 1 aliphatic heterocycles. The first-order valence-electron chi connectivity index (χ1n) is 9.10. The molecule has 0 fully saturated rings. The number of carbonyl (C=O) groups is 1. The quantitative estimate of drug-likeness (QED) is 0.503. The van der Waals surface area contributed by atoms with E-state index in [1.807, 2.05) is 72.8 Å². The molecule has 0 bridgehead atoms. The Labute approximate surface area is 161 Å². The molecule has 4 aromatic rings. The van der Waals surface area contributed by atoms with Crippen molar-refractivity contribution in [3.05, 3.63) is 118 Å². The number of hydrogen-bond donors (Lipinski definition) is 0. The molecule has 1 aliphatic rings. The van der Waals surface area contributed by atoms with Crippen LogP contribution in [-0.2, 0) is 17.4 Å². The highest BCUT2D eigenvalue weighted by atomic mass is 16.6. The number of rotatable bonds is 2. The van der Waals surface area contributed by atoms with E-state index in [0.717, 1.165) is 22.1 Å². The summed E-state index contributed by atoms with van der Waals surface area (Å²) in [6.45, 7) is 0. The number of pyridine rings is 1. The zero-order chi connectivity index (χ0) is 19.3. The number of esters is 1. The van der Waals surface area contributed by atoms with Crippen LogP contribution in [0.1, 0.15) is 27.0 Å². The topological polar surface area (TPSA) is 48.3 Å². The monoisotopic (exact) mass is 367 g/mol. The molecule has 0 unspecified atom stereocenters. The van der Waals surface area contributed by atoms with E-state index in [4.69, 9.17) is 4.74 Å². The van der Waals surface area contributed by atoms with Crippen LogP contribution in [0, 0.1) is 0 Å². The summed E-state index contributed by atoms with van der Waals surface area (Å²) in [6, 6.07) is 24.6. The van der Waals surface area contributed by atoms with E-state index in [2.05, 4.69) is 0 Å². The van der Waals surface area contributed by atoms with Gasteiger partial charge in [0.2, 0.25) is 0 Å². The second kappa shape index (κ2) is 5.92. The van der Waals surface area contributed by atoms with Crippen molar-refractivity contribution in [3.63, 3.8) is 0 Å². The number of aromatic nitrogens is 1. The number of aryl methyl sites for hydroxylation is 1. The maximum Gasteiger partial charge on any atom is 0.340 e. The lowest BCUT2D eigenvalue weighted by Crippen LogP contribution is -2.32. The van der Waals surface area contributed by atoms with Crippen LogP contribution in [-0.4, -0.2) is 10.5 Å². The van der Waals surface area contributed by atoms with Gasteiger partial charge in [-0.15, -0.1) is 0 Å². The van der Waals surface area contributed by atoms with Crippen LogP contribution in [0.2, 0.25) is 0 Å². The smallest absolute Gasteiger partial charge is 0.340 e. The molecule has 28 heavy (non-hydrogen) atoms. The van der Waals surface area contributed by atoms with Crippen LogP contribution >= 0.6 is 0 Å². The minimum absolute atomic E-state index is 0.0832. The molecule has 1 aromatic heterocycles. The molecule has 4 heteroatoms. The Balaban J connectivity index is 1.98. The lowest BCUT2D eigenvalue weighted by Gasteiger charge is -2.31. The molecule has 4 nitrogen and oxygen atoms in total. The fourth-order valence-corrected chi connectivity index (χ4v) is 4.16. The van der Waals surface area contributed by atoms with Crippen molar-refractivity contribution in [2.24, 2.45) is 7.05 Å². The van der Waals surface area contributed by atoms with Gasteiger partial charge in [0.05, 0.1) is 5.56 Å². The maximum absolute atomic E-state index is 12.8. The van der Waals surface area contributed by atoms with Gasteiger partial charge >= 0.3 is 5.97 Å². The van der Waals surface area contributed by atoms with E-state index in [-0.39, 0.29) is 11.5 Å². The van der Waals surface area contributed by atoms with E-state index >= 15 is 0 Å². The molecule has 5 rings (SSSR count). The summed E-state index contributed by atoms with van der Waals surface area (Å²) >= 11 is 0.